The molecule has 0 radical (unpaired) electrons. The number of carbonyl (C=O) groups is 3. The van der Waals surface area contributed by atoms with Gasteiger partial charge in [-0.25, -0.2) is 13.2 Å². The lowest BCUT2D eigenvalue weighted by Gasteiger charge is -2.05. The molecule has 12 heteroatoms. The SMILES string of the molecule is CC(=O)NCCc1ccc(C(=O)COC(=O)c2ccc(S(C)(=O)=O)c([N+](=O)[O-])c2)s1. The summed E-state index contributed by atoms with van der Waals surface area (Å²) in [7, 11) is -3.86. The van der Waals surface area contributed by atoms with Crippen molar-refractivity contribution in [1.29, 1.82) is 0 Å². The van der Waals surface area contributed by atoms with Crippen LogP contribution in [0.3, 0.4) is 0 Å². The van der Waals surface area contributed by atoms with E-state index in [-0.39, 0.29) is 11.5 Å². The Morgan fingerprint density at radius 1 is 1.20 bits per heavy atom. The highest BCUT2D eigenvalue weighted by molar-refractivity contribution is 7.90. The third-order valence-corrected chi connectivity index (χ3v) is 6.14. The van der Waals surface area contributed by atoms with E-state index in [1.54, 1.807) is 12.1 Å². The van der Waals surface area contributed by atoms with E-state index >= 15 is 0 Å². The van der Waals surface area contributed by atoms with E-state index in [4.69, 9.17) is 4.74 Å². The fourth-order valence-corrected chi connectivity index (χ4v) is 4.17. The minimum atomic E-state index is -3.86. The van der Waals surface area contributed by atoms with E-state index in [2.05, 4.69) is 5.32 Å². The Balaban J connectivity index is 2.03. The maximum absolute atomic E-state index is 12.2. The number of benzene rings is 1. The standard InChI is InChI=1S/C18H18N2O8S2/c1-11(21)19-8-7-13-4-5-16(29-13)15(22)10-28-18(23)12-3-6-17(30(2,26)27)14(9-12)20(24)25/h3-6,9H,7-8,10H2,1-2H3,(H,19,21). The third-order valence-electron chi connectivity index (χ3n) is 3.81. The summed E-state index contributed by atoms with van der Waals surface area (Å²) in [6.07, 6.45) is 1.37. The van der Waals surface area contributed by atoms with Gasteiger partial charge in [0.15, 0.2) is 16.4 Å². The average Bonchev–Trinajstić information content (AvgIpc) is 3.13. The van der Waals surface area contributed by atoms with E-state index < -0.39 is 43.7 Å². The summed E-state index contributed by atoms with van der Waals surface area (Å²) in [6, 6.07) is 6.15. The molecule has 0 saturated carbocycles. The number of amides is 1. The number of nitrogens with zero attached hydrogens (tertiary/aromatic N) is 1. The van der Waals surface area contributed by atoms with Crippen LogP contribution in [0.2, 0.25) is 0 Å². The van der Waals surface area contributed by atoms with Gasteiger partial charge in [0.1, 0.15) is 4.90 Å². The number of carbonyl (C=O) groups excluding carboxylic acids is 3. The first kappa shape index (κ1) is 23.2. The van der Waals surface area contributed by atoms with E-state index in [1.165, 1.54) is 18.3 Å². The maximum Gasteiger partial charge on any atom is 0.338 e. The minimum Gasteiger partial charge on any atom is -0.454 e. The number of esters is 1. The number of nitro groups is 1. The highest BCUT2D eigenvalue weighted by atomic mass is 32.2. The molecule has 2 aromatic rings. The van der Waals surface area contributed by atoms with E-state index in [9.17, 15) is 32.9 Å². The second-order valence-electron chi connectivity index (χ2n) is 6.21. The van der Waals surface area contributed by atoms with E-state index in [0.29, 0.717) is 17.8 Å². The van der Waals surface area contributed by atoms with Crippen LogP contribution in [-0.4, -0.2) is 50.4 Å². The molecule has 0 fully saturated rings. The van der Waals surface area contributed by atoms with Gasteiger partial charge in [-0.3, -0.25) is 19.7 Å². The zero-order valence-electron chi connectivity index (χ0n) is 16.0. The van der Waals surface area contributed by atoms with Crippen LogP contribution in [-0.2, 0) is 25.8 Å². The number of nitro benzene ring substituents is 1. The second-order valence-corrected chi connectivity index (χ2v) is 9.36. The molecule has 0 unspecified atom stereocenters. The molecule has 1 heterocycles. The van der Waals surface area contributed by atoms with Crippen molar-refractivity contribution in [2.45, 2.75) is 18.2 Å². The molecular weight excluding hydrogens is 436 g/mol. The number of ether oxygens (including phenoxy) is 1. The Kier molecular flexibility index (Phi) is 7.40. The summed E-state index contributed by atoms with van der Waals surface area (Å²) < 4.78 is 28.2. The summed E-state index contributed by atoms with van der Waals surface area (Å²) in [5.74, 6) is -1.60. The molecule has 30 heavy (non-hydrogen) atoms. The van der Waals surface area contributed by atoms with Crippen LogP contribution < -0.4 is 5.32 Å². The van der Waals surface area contributed by atoms with Crippen LogP contribution in [0.15, 0.2) is 35.2 Å². The van der Waals surface area contributed by atoms with Crippen molar-refractivity contribution >= 4 is 44.5 Å². The van der Waals surface area contributed by atoms with Gasteiger partial charge in [-0.15, -0.1) is 11.3 Å². The first-order valence-electron chi connectivity index (χ1n) is 8.51. The third kappa shape index (κ3) is 6.19. The van der Waals surface area contributed by atoms with Crippen LogP contribution in [0.5, 0.6) is 0 Å². The topological polar surface area (TPSA) is 150 Å². The Morgan fingerprint density at radius 3 is 2.50 bits per heavy atom. The van der Waals surface area contributed by atoms with Crippen molar-refractivity contribution < 1.29 is 32.5 Å². The lowest BCUT2D eigenvalue weighted by Crippen LogP contribution is -2.22. The highest BCUT2D eigenvalue weighted by Crippen LogP contribution is 2.25. The molecule has 0 atom stereocenters. The molecule has 1 amide bonds. The van der Waals surface area contributed by atoms with E-state index in [1.807, 2.05) is 0 Å². The number of hydrogen-bond donors (Lipinski definition) is 1. The van der Waals surface area contributed by atoms with Crippen LogP contribution in [0.4, 0.5) is 5.69 Å². The monoisotopic (exact) mass is 454 g/mol. The normalized spacial score (nSPS) is 11.0. The summed E-state index contributed by atoms with van der Waals surface area (Å²) >= 11 is 1.20. The number of sulfone groups is 1. The van der Waals surface area contributed by atoms with Crippen molar-refractivity contribution in [1.82, 2.24) is 5.32 Å². The van der Waals surface area contributed by atoms with Crippen LogP contribution in [0.1, 0.15) is 31.8 Å². The van der Waals surface area contributed by atoms with E-state index in [0.717, 1.165) is 29.3 Å². The molecule has 0 bridgehead atoms. The van der Waals surface area contributed by atoms with Gasteiger partial charge >= 0.3 is 5.97 Å². The van der Waals surface area contributed by atoms with Crippen molar-refractivity contribution in [3.05, 3.63) is 55.8 Å². The smallest absolute Gasteiger partial charge is 0.338 e. The van der Waals surface area contributed by atoms with Gasteiger partial charge in [-0.2, -0.15) is 0 Å². The van der Waals surface area contributed by atoms with Gasteiger partial charge in [-0.05, 0) is 30.7 Å². The number of hydrogen-bond acceptors (Lipinski definition) is 9. The zero-order chi connectivity index (χ0) is 22.5. The molecule has 10 nitrogen and oxygen atoms in total. The van der Waals surface area contributed by atoms with Gasteiger partial charge in [0.25, 0.3) is 5.69 Å². The second kappa shape index (κ2) is 9.59. The van der Waals surface area contributed by atoms with Gasteiger partial charge in [0.05, 0.1) is 15.4 Å². The predicted molar refractivity (Wildman–Crippen MR) is 108 cm³/mol. The lowest BCUT2D eigenvalue weighted by atomic mass is 10.2. The van der Waals surface area contributed by atoms with Crippen LogP contribution >= 0.6 is 11.3 Å². The highest BCUT2D eigenvalue weighted by Gasteiger charge is 2.25. The molecule has 1 aromatic carbocycles. The largest absolute Gasteiger partial charge is 0.454 e. The summed E-state index contributed by atoms with van der Waals surface area (Å²) in [6.45, 7) is 1.26. The molecule has 0 aliphatic rings. The molecular formula is C18H18N2O8S2. The molecule has 2 rings (SSSR count). The van der Waals surface area contributed by atoms with Crippen LogP contribution in [0, 0.1) is 10.1 Å². The first-order chi connectivity index (χ1) is 14.0. The van der Waals surface area contributed by atoms with Crippen molar-refractivity contribution in [3.63, 3.8) is 0 Å². The molecule has 0 aliphatic carbocycles. The van der Waals surface area contributed by atoms with Gasteiger partial charge in [0.2, 0.25) is 11.7 Å². The number of rotatable bonds is 9. The van der Waals surface area contributed by atoms with Gasteiger partial charge < -0.3 is 10.1 Å². The van der Waals surface area contributed by atoms with Crippen molar-refractivity contribution in [2.24, 2.45) is 0 Å². The number of Topliss-reactive ketones (excluding diaryl/α,β-unsaturated/α-hetero) is 1. The fourth-order valence-electron chi connectivity index (χ4n) is 2.41. The summed E-state index contributed by atoms with van der Waals surface area (Å²) in [5.41, 5.74) is -0.996. The Labute approximate surface area is 175 Å². The fraction of sp³-hybridized carbons (Fsp3) is 0.278. The lowest BCUT2D eigenvalue weighted by molar-refractivity contribution is -0.387. The van der Waals surface area contributed by atoms with Gasteiger partial charge in [-0.1, -0.05) is 0 Å². The number of thiophene rings is 1. The Morgan fingerprint density at radius 2 is 1.90 bits per heavy atom. The first-order valence-corrected chi connectivity index (χ1v) is 11.2. The van der Waals surface area contributed by atoms with Gasteiger partial charge in [0, 0.05) is 30.7 Å². The molecule has 0 aliphatic heterocycles. The number of ketones is 1. The predicted octanol–water partition coefficient (Wildman–Crippen LogP) is 1.78. The zero-order valence-corrected chi connectivity index (χ0v) is 17.7. The minimum absolute atomic E-state index is 0.153. The molecule has 1 aromatic heterocycles. The summed E-state index contributed by atoms with van der Waals surface area (Å²) in [4.78, 5) is 46.1. The molecule has 160 valence electrons. The quantitative estimate of drug-likeness (QED) is 0.261. The molecule has 0 saturated heterocycles. The summed E-state index contributed by atoms with van der Waals surface area (Å²) in [5, 5.41) is 13.8. The number of nitrogens with one attached hydrogen (secondary N) is 1. The van der Waals surface area contributed by atoms with Crippen molar-refractivity contribution in [3.8, 4) is 0 Å². The molecule has 1 N–H and O–H groups in total. The maximum atomic E-state index is 12.2. The van der Waals surface area contributed by atoms with Crippen molar-refractivity contribution in [2.75, 3.05) is 19.4 Å². The Bertz CT molecular complexity index is 1110. The average molecular weight is 454 g/mol. The molecule has 0 spiro atoms. The Hall–Kier alpha value is -3.12. The van der Waals surface area contributed by atoms with Crippen LogP contribution in [0.25, 0.3) is 0 Å².